The molecule has 108 valence electrons. The number of carboxylic acid groups (broad SMARTS) is 1. The number of ether oxygens (including phenoxy) is 2. The molecule has 0 radical (unpaired) electrons. The molecule has 1 saturated heterocycles. The van der Waals surface area contributed by atoms with E-state index in [1.54, 1.807) is 13.8 Å². The van der Waals surface area contributed by atoms with Crippen LogP contribution in [0.15, 0.2) is 0 Å². The molecule has 1 N–H and O–H groups in total. The fourth-order valence-electron chi connectivity index (χ4n) is 2.20. The smallest absolute Gasteiger partial charge is 0.466 e. The van der Waals surface area contributed by atoms with E-state index in [-0.39, 0.29) is 31.6 Å². The molecule has 0 aromatic carbocycles. The maximum absolute atomic E-state index is 11.8. The minimum atomic E-state index is -1.24. The van der Waals surface area contributed by atoms with Gasteiger partial charge in [0.25, 0.3) is 0 Å². The lowest BCUT2D eigenvalue weighted by atomic mass is 9.95. The van der Waals surface area contributed by atoms with Crippen molar-refractivity contribution < 1.29 is 33.4 Å². The molecule has 2 amide bonds. The molecule has 0 spiro atoms. The quantitative estimate of drug-likeness (QED) is 0.621. The molecule has 1 aliphatic rings. The lowest BCUT2D eigenvalue weighted by molar-refractivity contribution is -0.792. The monoisotopic (exact) mass is 274 g/mol. The number of likely N-dealkylation sites (tertiary alicyclic amines) is 1. The largest absolute Gasteiger partial charge is 0.526 e. The Balaban J connectivity index is 2.73. The lowest BCUT2D eigenvalue weighted by Gasteiger charge is -2.34. The number of hydrogen-bond donors (Lipinski definition) is 1. The number of imide groups is 1. The topological polar surface area (TPSA) is 89.9 Å². The molecule has 0 atom stereocenters. The summed E-state index contributed by atoms with van der Waals surface area (Å²) in [4.78, 5) is 34.7. The van der Waals surface area contributed by atoms with Crippen molar-refractivity contribution in [1.29, 1.82) is 0 Å². The molecule has 0 aliphatic carbocycles. The summed E-state index contributed by atoms with van der Waals surface area (Å²) >= 11 is 0. The Morgan fingerprint density at radius 3 is 2.05 bits per heavy atom. The van der Waals surface area contributed by atoms with Crippen molar-refractivity contribution in [2.24, 2.45) is 5.92 Å². The maximum atomic E-state index is 11.8. The number of nitrogens with zero attached hydrogens (tertiary/aromatic N) is 1. The second-order valence-corrected chi connectivity index (χ2v) is 4.42. The highest BCUT2D eigenvalue weighted by Gasteiger charge is 2.51. The summed E-state index contributed by atoms with van der Waals surface area (Å²) in [5.41, 5.74) is 0. The first kappa shape index (κ1) is 15.4. The number of esters is 1. The van der Waals surface area contributed by atoms with Gasteiger partial charge in [-0.3, -0.25) is 4.79 Å². The predicted molar refractivity (Wildman–Crippen MR) is 64.4 cm³/mol. The molecule has 1 fully saturated rings. The Bertz CT molecular complexity index is 359. The van der Waals surface area contributed by atoms with Gasteiger partial charge in [-0.2, -0.15) is 9.59 Å². The third-order valence-corrected chi connectivity index (χ3v) is 3.32. The summed E-state index contributed by atoms with van der Waals surface area (Å²) in [5.74, 6) is -0.658. The zero-order valence-electron chi connectivity index (χ0n) is 11.3. The molecule has 7 heteroatoms. The Labute approximate surface area is 111 Å². The van der Waals surface area contributed by atoms with E-state index in [0.29, 0.717) is 19.4 Å². The highest BCUT2D eigenvalue weighted by Crippen LogP contribution is 2.26. The molecule has 19 heavy (non-hydrogen) atoms. The molecule has 0 unspecified atom stereocenters. The van der Waals surface area contributed by atoms with Crippen LogP contribution in [0.5, 0.6) is 0 Å². The van der Waals surface area contributed by atoms with Gasteiger partial charge in [-0.25, -0.2) is 0 Å². The van der Waals surface area contributed by atoms with Crippen LogP contribution in [0, 0.1) is 5.92 Å². The number of rotatable bonds is 3. The summed E-state index contributed by atoms with van der Waals surface area (Å²) in [7, 11) is 0. The SMILES string of the molecule is CCOC(=O)C1CC[N+](C(=O)O)(C(=O)OCC)CC1. The molecule has 0 aromatic heterocycles. The number of hydrogen-bond acceptors (Lipinski definition) is 5. The van der Waals surface area contributed by atoms with Crippen LogP contribution in [-0.2, 0) is 14.3 Å². The van der Waals surface area contributed by atoms with E-state index in [2.05, 4.69) is 0 Å². The number of quaternary nitrogens is 1. The van der Waals surface area contributed by atoms with Crippen LogP contribution >= 0.6 is 0 Å². The number of carbonyl (C=O) groups is 3. The number of piperidine rings is 1. The van der Waals surface area contributed by atoms with E-state index < -0.39 is 16.7 Å². The molecule has 7 nitrogen and oxygen atoms in total. The van der Waals surface area contributed by atoms with Gasteiger partial charge in [0.1, 0.15) is 13.1 Å². The van der Waals surface area contributed by atoms with Crippen molar-refractivity contribution in [2.45, 2.75) is 26.7 Å². The van der Waals surface area contributed by atoms with Gasteiger partial charge in [-0.05, 0) is 13.8 Å². The van der Waals surface area contributed by atoms with E-state index in [4.69, 9.17) is 9.47 Å². The standard InChI is InChI=1S/C12H19NO6/c1-3-18-10(14)9-5-7-13(8-6-9,11(15)16)12(17)19-4-2/h9H,3-8H2,1-2H3/p+1. The minimum absolute atomic E-state index is 0.0532. The third kappa shape index (κ3) is 3.23. The van der Waals surface area contributed by atoms with E-state index in [1.165, 1.54) is 0 Å². The van der Waals surface area contributed by atoms with Crippen LogP contribution in [0.3, 0.4) is 0 Å². The van der Waals surface area contributed by atoms with Crippen molar-refractivity contribution in [1.82, 2.24) is 0 Å². The highest BCUT2D eigenvalue weighted by atomic mass is 16.6. The van der Waals surface area contributed by atoms with Gasteiger partial charge in [0.2, 0.25) is 0 Å². The fraction of sp³-hybridized carbons (Fsp3) is 0.750. The fourth-order valence-corrected chi connectivity index (χ4v) is 2.20. The van der Waals surface area contributed by atoms with Gasteiger partial charge in [0.15, 0.2) is 0 Å². The van der Waals surface area contributed by atoms with Crippen LogP contribution in [-0.4, -0.2) is 54.0 Å². The first-order valence-electron chi connectivity index (χ1n) is 6.42. The van der Waals surface area contributed by atoms with Crippen molar-refractivity contribution in [3.05, 3.63) is 0 Å². The lowest BCUT2D eigenvalue weighted by Crippen LogP contribution is -2.60. The summed E-state index contributed by atoms with van der Waals surface area (Å²) in [6, 6.07) is 0. The van der Waals surface area contributed by atoms with E-state index in [9.17, 15) is 19.5 Å². The summed E-state index contributed by atoms with van der Waals surface area (Å²) in [5, 5.41) is 9.27. The maximum Gasteiger partial charge on any atom is 0.526 e. The normalized spacial score (nSPS) is 26.5. The van der Waals surface area contributed by atoms with Gasteiger partial charge < -0.3 is 14.6 Å². The van der Waals surface area contributed by atoms with Crippen LogP contribution in [0.1, 0.15) is 26.7 Å². The summed E-state index contributed by atoms with van der Waals surface area (Å²) in [6.07, 6.45) is -1.38. The van der Waals surface area contributed by atoms with Crippen LogP contribution < -0.4 is 0 Å². The molecule has 0 bridgehead atoms. The zero-order chi connectivity index (χ0) is 14.5. The molecule has 0 aromatic rings. The average molecular weight is 274 g/mol. The molecule has 1 heterocycles. The highest BCUT2D eigenvalue weighted by molar-refractivity contribution is 5.76. The second kappa shape index (κ2) is 6.51. The Morgan fingerprint density at radius 2 is 1.63 bits per heavy atom. The molecule has 1 rings (SSSR count). The number of amides is 2. The van der Waals surface area contributed by atoms with Gasteiger partial charge in [-0.15, -0.1) is 4.48 Å². The van der Waals surface area contributed by atoms with Gasteiger partial charge in [0, 0.05) is 12.8 Å². The van der Waals surface area contributed by atoms with Gasteiger partial charge >= 0.3 is 18.2 Å². The molecule has 1 aliphatic heterocycles. The van der Waals surface area contributed by atoms with Crippen LogP contribution in [0.2, 0.25) is 0 Å². The van der Waals surface area contributed by atoms with Gasteiger partial charge in [-0.1, -0.05) is 0 Å². The molecular weight excluding hydrogens is 254 g/mol. The number of carbonyl (C=O) groups excluding carboxylic acids is 2. The Kier molecular flexibility index (Phi) is 5.29. The van der Waals surface area contributed by atoms with Crippen molar-refractivity contribution >= 4 is 18.2 Å². The Hall–Kier alpha value is -1.63. The molecular formula is C12H20NO6+. The van der Waals surface area contributed by atoms with Crippen LogP contribution in [0.25, 0.3) is 0 Å². The van der Waals surface area contributed by atoms with Crippen LogP contribution in [0.4, 0.5) is 9.59 Å². The van der Waals surface area contributed by atoms with E-state index in [1.807, 2.05) is 0 Å². The Morgan fingerprint density at radius 1 is 1.11 bits per heavy atom. The van der Waals surface area contributed by atoms with Gasteiger partial charge in [0.05, 0.1) is 19.1 Å². The van der Waals surface area contributed by atoms with Crippen molar-refractivity contribution in [3.63, 3.8) is 0 Å². The minimum Gasteiger partial charge on any atom is -0.466 e. The van der Waals surface area contributed by atoms with Crippen molar-refractivity contribution in [3.8, 4) is 0 Å². The predicted octanol–water partition coefficient (Wildman–Crippen LogP) is 1.61. The molecule has 0 saturated carbocycles. The third-order valence-electron chi connectivity index (χ3n) is 3.32. The first-order valence-corrected chi connectivity index (χ1v) is 6.42. The first-order chi connectivity index (χ1) is 8.97. The second-order valence-electron chi connectivity index (χ2n) is 4.42. The average Bonchev–Trinajstić information content (AvgIpc) is 2.39. The van der Waals surface area contributed by atoms with E-state index in [0.717, 1.165) is 0 Å². The summed E-state index contributed by atoms with van der Waals surface area (Å²) < 4.78 is 8.97. The zero-order valence-corrected chi connectivity index (χ0v) is 11.3. The van der Waals surface area contributed by atoms with E-state index >= 15 is 0 Å². The van der Waals surface area contributed by atoms with Crippen molar-refractivity contribution in [2.75, 3.05) is 26.3 Å². The summed E-state index contributed by atoms with van der Waals surface area (Å²) in [6.45, 7) is 3.88.